The van der Waals surface area contributed by atoms with Gasteiger partial charge >= 0.3 is 6.03 Å². The highest BCUT2D eigenvalue weighted by Crippen LogP contribution is 2.12. The van der Waals surface area contributed by atoms with Gasteiger partial charge in [-0.05, 0) is 23.8 Å². The number of rotatable bonds is 6. The van der Waals surface area contributed by atoms with Crippen molar-refractivity contribution >= 4 is 11.7 Å². The molecule has 8 heteroatoms. The Morgan fingerprint density at radius 3 is 2.92 bits per heavy atom. The first kappa shape index (κ1) is 15.7. The summed E-state index contributed by atoms with van der Waals surface area (Å²) in [7, 11) is 1.76. The Hall–Kier alpha value is -3.16. The molecule has 0 bridgehead atoms. The van der Waals surface area contributed by atoms with Gasteiger partial charge in [0.05, 0.1) is 13.1 Å². The van der Waals surface area contributed by atoms with E-state index in [9.17, 15) is 4.79 Å². The molecule has 2 heterocycles. The molecule has 0 unspecified atom stereocenters. The van der Waals surface area contributed by atoms with Crippen molar-refractivity contribution < 1.29 is 4.79 Å². The lowest BCUT2D eigenvalue weighted by Gasteiger charge is -2.18. The van der Waals surface area contributed by atoms with Gasteiger partial charge in [-0.25, -0.2) is 14.5 Å². The fourth-order valence-electron chi connectivity index (χ4n) is 2.25. The maximum absolute atomic E-state index is 12.3. The zero-order valence-corrected chi connectivity index (χ0v) is 13.4. The summed E-state index contributed by atoms with van der Waals surface area (Å²) in [6, 6.07) is 9.40. The number of aromatic nitrogens is 5. The van der Waals surface area contributed by atoms with E-state index in [4.69, 9.17) is 0 Å². The first-order valence-corrected chi connectivity index (χ1v) is 7.61. The van der Waals surface area contributed by atoms with Crippen molar-refractivity contribution in [2.75, 3.05) is 18.9 Å². The van der Waals surface area contributed by atoms with Crippen LogP contribution in [0.15, 0.2) is 55.4 Å². The van der Waals surface area contributed by atoms with E-state index in [1.165, 1.54) is 6.33 Å². The van der Waals surface area contributed by atoms with Gasteiger partial charge in [-0.15, -0.1) is 0 Å². The van der Waals surface area contributed by atoms with E-state index in [1.54, 1.807) is 33.8 Å². The number of carbonyl (C=O) groups excluding carboxylic acids is 1. The van der Waals surface area contributed by atoms with E-state index in [2.05, 4.69) is 20.5 Å². The van der Waals surface area contributed by atoms with E-state index in [-0.39, 0.29) is 6.03 Å². The van der Waals surface area contributed by atoms with Gasteiger partial charge in [-0.1, -0.05) is 12.1 Å². The molecule has 0 aliphatic heterocycles. The largest absolute Gasteiger partial charge is 0.326 e. The third-order valence-corrected chi connectivity index (χ3v) is 3.56. The molecule has 124 valence electrons. The monoisotopic (exact) mass is 325 g/mol. The third kappa shape index (κ3) is 4.19. The average molecular weight is 325 g/mol. The van der Waals surface area contributed by atoms with Crippen LogP contribution >= 0.6 is 0 Å². The second kappa shape index (κ2) is 7.40. The van der Waals surface area contributed by atoms with Crippen LogP contribution in [0.1, 0.15) is 5.56 Å². The van der Waals surface area contributed by atoms with E-state index in [0.717, 1.165) is 11.3 Å². The molecule has 3 rings (SSSR count). The van der Waals surface area contributed by atoms with Crippen molar-refractivity contribution in [1.29, 1.82) is 0 Å². The lowest BCUT2D eigenvalue weighted by atomic mass is 10.2. The van der Waals surface area contributed by atoms with Gasteiger partial charge in [-0.2, -0.15) is 10.2 Å². The average Bonchev–Trinajstić information content (AvgIpc) is 3.26. The van der Waals surface area contributed by atoms with Gasteiger partial charge in [-0.3, -0.25) is 4.68 Å². The van der Waals surface area contributed by atoms with Crippen LogP contribution < -0.4 is 5.32 Å². The molecular formula is C16H19N7O. The number of hydrogen-bond acceptors (Lipinski definition) is 4. The fraction of sp³-hybridized carbons (Fsp3) is 0.250. The van der Waals surface area contributed by atoms with Crippen molar-refractivity contribution in [3.8, 4) is 0 Å². The predicted molar refractivity (Wildman–Crippen MR) is 89.4 cm³/mol. The first-order chi connectivity index (χ1) is 11.7. The number of nitrogens with zero attached hydrogens (tertiary/aromatic N) is 6. The van der Waals surface area contributed by atoms with Crippen LogP contribution in [0.5, 0.6) is 0 Å². The summed E-state index contributed by atoms with van der Waals surface area (Å²) in [5.41, 5.74) is 1.79. The summed E-state index contributed by atoms with van der Waals surface area (Å²) in [5, 5.41) is 11.1. The molecule has 3 aromatic rings. The Morgan fingerprint density at radius 1 is 1.25 bits per heavy atom. The van der Waals surface area contributed by atoms with E-state index >= 15 is 0 Å². The number of anilines is 1. The number of carbonyl (C=O) groups is 1. The van der Waals surface area contributed by atoms with Gasteiger partial charge in [0.15, 0.2) is 0 Å². The molecule has 2 aromatic heterocycles. The maximum Gasteiger partial charge on any atom is 0.321 e. The topological polar surface area (TPSA) is 80.9 Å². The van der Waals surface area contributed by atoms with E-state index < -0.39 is 0 Å². The Labute approximate surface area is 139 Å². The lowest BCUT2D eigenvalue weighted by molar-refractivity contribution is 0.220. The number of likely N-dealkylation sites (N-methyl/N-ethyl adjacent to an activating group) is 1. The highest BCUT2D eigenvalue weighted by Gasteiger charge is 2.09. The van der Waals surface area contributed by atoms with Gasteiger partial charge in [0.25, 0.3) is 0 Å². The molecule has 0 spiro atoms. The van der Waals surface area contributed by atoms with E-state index in [0.29, 0.717) is 19.6 Å². The summed E-state index contributed by atoms with van der Waals surface area (Å²) >= 11 is 0. The van der Waals surface area contributed by atoms with Gasteiger partial charge < -0.3 is 10.2 Å². The highest BCUT2D eigenvalue weighted by atomic mass is 16.2. The number of hydrogen-bond donors (Lipinski definition) is 1. The minimum absolute atomic E-state index is 0.153. The molecule has 0 aliphatic carbocycles. The standard InChI is InChI=1S/C16H19N7O/c1-21(8-9-22-7-3-6-18-22)16(24)20-15-5-2-4-14(10-15)11-23-13-17-12-19-23/h2-7,10,12-13H,8-9,11H2,1H3,(H,20,24). The van der Waals surface area contributed by atoms with Crippen molar-refractivity contribution in [3.63, 3.8) is 0 Å². The number of nitrogens with one attached hydrogen (secondary N) is 1. The van der Waals surface area contributed by atoms with Crippen LogP contribution in [0.25, 0.3) is 0 Å². The SMILES string of the molecule is CN(CCn1cccn1)C(=O)Nc1cccc(Cn2cncn2)c1. The van der Waals surface area contributed by atoms with Gasteiger partial charge in [0.2, 0.25) is 0 Å². The number of amides is 2. The van der Waals surface area contributed by atoms with Crippen LogP contribution in [0.4, 0.5) is 10.5 Å². The molecule has 2 amide bonds. The minimum Gasteiger partial charge on any atom is -0.326 e. The quantitative estimate of drug-likeness (QED) is 0.748. The third-order valence-electron chi connectivity index (χ3n) is 3.56. The Kier molecular flexibility index (Phi) is 4.85. The zero-order valence-electron chi connectivity index (χ0n) is 13.4. The summed E-state index contributed by atoms with van der Waals surface area (Å²) in [6.45, 7) is 1.84. The molecule has 0 aliphatic rings. The molecule has 0 saturated heterocycles. The summed E-state index contributed by atoms with van der Waals surface area (Å²) in [4.78, 5) is 17.8. The molecule has 24 heavy (non-hydrogen) atoms. The van der Waals surface area contributed by atoms with Crippen molar-refractivity contribution in [1.82, 2.24) is 29.4 Å². The summed E-state index contributed by atoms with van der Waals surface area (Å²) in [6.07, 6.45) is 6.76. The molecule has 1 aromatic carbocycles. The van der Waals surface area contributed by atoms with Crippen molar-refractivity contribution in [2.24, 2.45) is 0 Å². The van der Waals surface area contributed by atoms with Crippen LogP contribution in [0.2, 0.25) is 0 Å². The summed E-state index contributed by atoms with van der Waals surface area (Å²) < 4.78 is 3.53. The van der Waals surface area contributed by atoms with Crippen molar-refractivity contribution in [2.45, 2.75) is 13.1 Å². The Bertz CT molecular complexity index is 768. The van der Waals surface area contributed by atoms with Crippen molar-refractivity contribution in [3.05, 3.63) is 60.9 Å². The van der Waals surface area contributed by atoms with Crippen LogP contribution in [-0.2, 0) is 13.1 Å². The highest BCUT2D eigenvalue weighted by molar-refractivity contribution is 5.89. The van der Waals surface area contributed by atoms with Gasteiger partial charge in [0.1, 0.15) is 12.7 Å². The second-order valence-electron chi connectivity index (χ2n) is 5.41. The van der Waals surface area contributed by atoms with Crippen LogP contribution in [0.3, 0.4) is 0 Å². The molecule has 0 atom stereocenters. The lowest BCUT2D eigenvalue weighted by Crippen LogP contribution is -2.34. The predicted octanol–water partition coefficient (Wildman–Crippen LogP) is 1.69. The molecule has 8 nitrogen and oxygen atoms in total. The maximum atomic E-state index is 12.3. The molecular weight excluding hydrogens is 306 g/mol. The fourth-order valence-corrected chi connectivity index (χ4v) is 2.25. The van der Waals surface area contributed by atoms with Crippen LogP contribution in [-0.4, -0.2) is 49.1 Å². The Balaban J connectivity index is 1.55. The molecule has 1 N–H and O–H groups in total. The first-order valence-electron chi connectivity index (χ1n) is 7.61. The molecule has 0 saturated carbocycles. The second-order valence-corrected chi connectivity index (χ2v) is 5.41. The summed E-state index contributed by atoms with van der Waals surface area (Å²) in [5.74, 6) is 0. The molecule has 0 fully saturated rings. The van der Waals surface area contributed by atoms with E-state index in [1.807, 2.05) is 36.5 Å². The Morgan fingerprint density at radius 2 is 2.17 bits per heavy atom. The minimum atomic E-state index is -0.153. The zero-order chi connectivity index (χ0) is 16.8. The number of urea groups is 1. The van der Waals surface area contributed by atoms with Gasteiger partial charge in [0, 0.05) is 31.7 Å². The normalized spacial score (nSPS) is 10.5. The molecule has 0 radical (unpaired) electrons. The number of benzene rings is 1. The van der Waals surface area contributed by atoms with Crippen LogP contribution in [0, 0.1) is 0 Å². The smallest absolute Gasteiger partial charge is 0.321 e.